The first-order valence-electron chi connectivity index (χ1n) is 8.78. The van der Waals surface area contributed by atoms with E-state index in [2.05, 4.69) is 45.9 Å². The summed E-state index contributed by atoms with van der Waals surface area (Å²) < 4.78 is 0. The van der Waals surface area contributed by atoms with E-state index in [9.17, 15) is 9.59 Å². The standard InChI is InChI=1S/C19H24N4O2S/c1-13-4-3-5-15(8-13)10-23(16-6-7-16)11-18(25)22-21-17(24)9-19-20-14(2)12-26-19/h3-5,8,12,16H,6-7,9-11H2,1-2H3,(H,21,24)(H,22,25). The molecule has 2 N–H and O–H groups in total. The zero-order chi connectivity index (χ0) is 18.5. The lowest BCUT2D eigenvalue weighted by Gasteiger charge is -2.21. The van der Waals surface area contributed by atoms with Crippen LogP contribution in [-0.2, 0) is 22.6 Å². The molecule has 0 saturated heterocycles. The number of carbonyl (C=O) groups excluding carboxylic acids is 2. The summed E-state index contributed by atoms with van der Waals surface area (Å²) in [6.07, 6.45) is 2.41. The van der Waals surface area contributed by atoms with Crippen LogP contribution in [0.2, 0.25) is 0 Å². The van der Waals surface area contributed by atoms with E-state index in [1.54, 1.807) is 0 Å². The molecule has 1 aromatic carbocycles. The molecule has 2 amide bonds. The molecule has 2 aromatic rings. The first kappa shape index (κ1) is 18.5. The predicted octanol–water partition coefficient (Wildman–Crippen LogP) is 2.11. The summed E-state index contributed by atoms with van der Waals surface area (Å²) in [5, 5.41) is 2.65. The van der Waals surface area contributed by atoms with Gasteiger partial charge in [0.05, 0.1) is 13.0 Å². The SMILES string of the molecule is Cc1cccc(CN(CC(=O)NNC(=O)Cc2nc(C)cs2)C2CC2)c1. The first-order chi connectivity index (χ1) is 12.5. The van der Waals surface area contributed by atoms with Crippen LogP contribution in [0.25, 0.3) is 0 Å². The van der Waals surface area contributed by atoms with Gasteiger partial charge >= 0.3 is 0 Å². The third-order valence-corrected chi connectivity index (χ3v) is 5.16. The number of aromatic nitrogens is 1. The zero-order valence-corrected chi connectivity index (χ0v) is 15.9. The van der Waals surface area contributed by atoms with Gasteiger partial charge in [-0.1, -0.05) is 29.8 Å². The van der Waals surface area contributed by atoms with Gasteiger partial charge in [-0.2, -0.15) is 0 Å². The van der Waals surface area contributed by atoms with Crippen molar-refractivity contribution in [2.45, 2.75) is 45.7 Å². The molecule has 0 spiro atoms. The summed E-state index contributed by atoms with van der Waals surface area (Å²) in [5.74, 6) is -0.461. The Morgan fingerprint density at radius 3 is 2.65 bits per heavy atom. The van der Waals surface area contributed by atoms with E-state index < -0.39 is 0 Å². The van der Waals surface area contributed by atoms with Gasteiger partial charge in [0.25, 0.3) is 5.91 Å². The molecule has 1 saturated carbocycles. The predicted molar refractivity (Wildman–Crippen MR) is 101 cm³/mol. The van der Waals surface area contributed by atoms with Crippen LogP contribution >= 0.6 is 11.3 Å². The van der Waals surface area contributed by atoms with Crippen LogP contribution in [-0.4, -0.2) is 34.3 Å². The monoisotopic (exact) mass is 372 g/mol. The molecule has 1 heterocycles. The summed E-state index contributed by atoms with van der Waals surface area (Å²) in [7, 11) is 0. The van der Waals surface area contributed by atoms with Crippen LogP contribution in [0.15, 0.2) is 29.6 Å². The van der Waals surface area contributed by atoms with Crippen molar-refractivity contribution in [1.82, 2.24) is 20.7 Å². The number of nitrogens with zero attached hydrogens (tertiary/aromatic N) is 2. The minimum atomic E-state index is -0.260. The first-order valence-corrected chi connectivity index (χ1v) is 9.66. The van der Waals surface area contributed by atoms with Crippen molar-refractivity contribution >= 4 is 23.2 Å². The van der Waals surface area contributed by atoms with Gasteiger partial charge in [0.1, 0.15) is 5.01 Å². The fourth-order valence-electron chi connectivity index (χ4n) is 2.83. The maximum absolute atomic E-state index is 12.2. The second-order valence-electron chi connectivity index (χ2n) is 6.78. The molecular formula is C19H24N4O2S. The highest BCUT2D eigenvalue weighted by Crippen LogP contribution is 2.28. The Balaban J connectivity index is 1.46. The normalized spacial score (nSPS) is 13.7. The Kier molecular flexibility index (Phi) is 6.00. The highest BCUT2D eigenvalue weighted by molar-refractivity contribution is 7.09. The van der Waals surface area contributed by atoms with Gasteiger partial charge in [0.15, 0.2) is 0 Å². The van der Waals surface area contributed by atoms with Crippen molar-refractivity contribution < 1.29 is 9.59 Å². The average Bonchev–Trinajstić information content (AvgIpc) is 3.36. The molecule has 6 nitrogen and oxygen atoms in total. The summed E-state index contributed by atoms with van der Waals surface area (Å²) >= 11 is 1.44. The molecule has 7 heteroatoms. The number of aryl methyl sites for hydroxylation is 2. The third kappa shape index (κ3) is 5.64. The number of nitrogens with one attached hydrogen (secondary N) is 2. The van der Waals surface area contributed by atoms with Gasteiger partial charge < -0.3 is 0 Å². The number of hydrogen-bond acceptors (Lipinski definition) is 5. The van der Waals surface area contributed by atoms with Crippen LogP contribution in [0, 0.1) is 13.8 Å². The molecule has 0 radical (unpaired) electrons. The van der Waals surface area contributed by atoms with E-state index in [1.807, 2.05) is 18.4 Å². The van der Waals surface area contributed by atoms with Crippen molar-refractivity contribution in [2.75, 3.05) is 6.54 Å². The van der Waals surface area contributed by atoms with E-state index in [0.717, 1.165) is 30.1 Å². The Labute approximate surface area is 157 Å². The van der Waals surface area contributed by atoms with Gasteiger partial charge in [-0.25, -0.2) is 4.98 Å². The van der Waals surface area contributed by atoms with Crippen molar-refractivity contribution in [2.24, 2.45) is 0 Å². The van der Waals surface area contributed by atoms with E-state index >= 15 is 0 Å². The largest absolute Gasteiger partial charge is 0.287 e. The van der Waals surface area contributed by atoms with Gasteiger partial charge in [0, 0.05) is 23.7 Å². The molecular weight excluding hydrogens is 348 g/mol. The van der Waals surface area contributed by atoms with Crippen molar-refractivity contribution in [3.8, 4) is 0 Å². The smallest absolute Gasteiger partial charge is 0.252 e. The zero-order valence-electron chi connectivity index (χ0n) is 15.1. The minimum absolute atomic E-state index is 0.175. The maximum atomic E-state index is 12.2. The van der Waals surface area contributed by atoms with Crippen molar-refractivity contribution in [1.29, 1.82) is 0 Å². The van der Waals surface area contributed by atoms with Crippen LogP contribution < -0.4 is 10.9 Å². The average molecular weight is 372 g/mol. The van der Waals surface area contributed by atoms with Crippen LogP contribution in [0.3, 0.4) is 0 Å². The number of hydrogen-bond donors (Lipinski definition) is 2. The summed E-state index contributed by atoms with van der Waals surface area (Å²) in [6.45, 7) is 4.97. The Morgan fingerprint density at radius 1 is 1.23 bits per heavy atom. The minimum Gasteiger partial charge on any atom is -0.287 e. The van der Waals surface area contributed by atoms with E-state index in [1.165, 1.54) is 22.5 Å². The molecule has 0 atom stereocenters. The van der Waals surface area contributed by atoms with E-state index in [0.29, 0.717) is 6.04 Å². The van der Waals surface area contributed by atoms with Gasteiger partial charge in [0.2, 0.25) is 5.91 Å². The lowest BCUT2D eigenvalue weighted by molar-refractivity contribution is -0.129. The lowest BCUT2D eigenvalue weighted by atomic mass is 10.1. The van der Waals surface area contributed by atoms with E-state index in [4.69, 9.17) is 0 Å². The second-order valence-corrected chi connectivity index (χ2v) is 7.72. The molecule has 0 aliphatic heterocycles. The highest BCUT2D eigenvalue weighted by atomic mass is 32.1. The number of benzene rings is 1. The van der Waals surface area contributed by atoms with Crippen LogP contribution in [0.4, 0.5) is 0 Å². The highest BCUT2D eigenvalue weighted by Gasteiger charge is 2.30. The van der Waals surface area contributed by atoms with Crippen LogP contribution in [0.5, 0.6) is 0 Å². The topological polar surface area (TPSA) is 74.3 Å². The van der Waals surface area contributed by atoms with E-state index in [-0.39, 0.29) is 24.8 Å². The van der Waals surface area contributed by atoms with Crippen LogP contribution in [0.1, 0.15) is 34.7 Å². The molecule has 0 bridgehead atoms. The number of rotatable bonds is 7. The van der Waals surface area contributed by atoms with Gasteiger partial charge in [-0.05, 0) is 32.3 Å². The molecule has 26 heavy (non-hydrogen) atoms. The number of thiazole rings is 1. The molecule has 1 aliphatic carbocycles. The Hall–Kier alpha value is -2.25. The van der Waals surface area contributed by atoms with Crippen molar-refractivity contribution in [3.05, 3.63) is 51.5 Å². The maximum Gasteiger partial charge on any atom is 0.252 e. The molecule has 1 fully saturated rings. The molecule has 1 aliphatic rings. The summed E-state index contributed by atoms with van der Waals surface area (Å²) in [5.41, 5.74) is 8.31. The molecule has 0 unspecified atom stereocenters. The van der Waals surface area contributed by atoms with Gasteiger partial charge in [-0.3, -0.25) is 25.3 Å². The van der Waals surface area contributed by atoms with Crippen molar-refractivity contribution in [3.63, 3.8) is 0 Å². The molecule has 3 rings (SSSR count). The Morgan fingerprint density at radius 2 is 2.00 bits per heavy atom. The fourth-order valence-corrected chi connectivity index (χ4v) is 3.60. The fraction of sp³-hybridized carbons (Fsp3) is 0.421. The molecule has 1 aromatic heterocycles. The third-order valence-electron chi connectivity index (χ3n) is 4.20. The Bertz CT molecular complexity index is 785. The number of hydrazine groups is 1. The quantitative estimate of drug-likeness (QED) is 0.730. The lowest BCUT2D eigenvalue weighted by Crippen LogP contribution is -2.47. The summed E-state index contributed by atoms with van der Waals surface area (Å²) in [6, 6.07) is 8.78. The summed E-state index contributed by atoms with van der Waals surface area (Å²) in [4.78, 5) is 30.6. The number of carbonyl (C=O) groups is 2. The number of amides is 2. The second kappa shape index (κ2) is 8.42. The van der Waals surface area contributed by atoms with Gasteiger partial charge in [-0.15, -0.1) is 11.3 Å². The molecule has 138 valence electrons.